The van der Waals surface area contributed by atoms with Gasteiger partial charge in [-0.2, -0.15) is 0 Å². The Kier molecular flexibility index (Phi) is 3.65. The van der Waals surface area contributed by atoms with Crippen LogP contribution in [0.3, 0.4) is 0 Å². The molecule has 2 rings (SSSR count). The van der Waals surface area contributed by atoms with E-state index >= 15 is 0 Å². The fraction of sp³-hybridized carbons (Fsp3) is 0.600. The van der Waals surface area contributed by atoms with Crippen LogP contribution in [0.4, 0.5) is 0 Å². The first kappa shape index (κ1) is 11.7. The third-order valence-corrected chi connectivity index (χ3v) is 4.03. The molecule has 0 aliphatic carbocycles. The third-order valence-electron chi connectivity index (χ3n) is 4.03. The SMILES string of the molecule is CCN1CCCCC1c1cccc(C)c1C. The number of aryl methyl sites for hydroxylation is 1. The second-order valence-electron chi connectivity index (χ2n) is 4.93. The molecule has 0 N–H and O–H groups in total. The molecule has 1 atom stereocenters. The zero-order chi connectivity index (χ0) is 11.5. The molecule has 1 heteroatoms. The topological polar surface area (TPSA) is 3.24 Å². The number of rotatable bonds is 2. The van der Waals surface area contributed by atoms with E-state index < -0.39 is 0 Å². The first-order valence-electron chi connectivity index (χ1n) is 6.54. The number of benzene rings is 1. The van der Waals surface area contributed by atoms with Crippen LogP contribution in [0.5, 0.6) is 0 Å². The number of likely N-dealkylation sites (tertiary alicyclic amines) is 1. The van der Waals surface area contributed by atoms with Crippen molar-refractivity contribution < 1.29 is 0 Å². The molecule has 88 valence electrons. The Bertz CT molecular complexity index is 356. The van der Waals surface area contributed by atoms with E-state index in [-0.39, 0.29) is 0 Å². The van der Waals surface area contributed by atoms with Crippen LogP contribution in [0.25, 0.3) is 0 Å². The molecule has 1 heterocycles. The van der Waals surface area contributed by atoms with Crippen LogP contribution < -0.4 is 0 Å². The number of nitrogens with zero attached hydrogens (tertiary/aromatic N) is 1. The van der Waals surface area contributed by atoms with Gasteiger partial charge in [0.15, 0.2) is 0 Å². The van der Waals surface area contributed by atoms with Crippen molar-refractivity contribution in [3.8, 4) is 0 Å². The smallest absolute Gasteiger partial charge is 0.0350 e. The second-order valence-corrected chi connectivity index (χ2v) is 4.93. The highest BCUT2D eigenvalue weighted by Crippen LogP contribution is 2.33. The van der Waals surface area contributed by atoms with Crippen LogP contribution in [0.15, 0.2) is 18.2 Å². The normalized spacial score (nSPS) is 22.3. The summed E-state index contributed by atoms with van der Waals surface area (Å²) in [6.07, 6.45) is 4.09. The lowest BCUT2D eigenvalue weighted by molar-refractivity contribution is 0.156. The van der Waals surface area contributed by atoms with E-state index in [0.29, 0.717) is 6.04 Å². The minimum atomic E-state index is 0.665. The van der Waals surface area contributed by atoms with Gasteiger partial charge in [-0.15, -0.1) is 0 Å². The molecule has 1 aliphatic rings. The van der Waals surface area contributed by atoms with Gasteiger partial charge in [0.1, 0.15) is 0 Å². The molecule has 1 saturated heterocycles. The minimum Gasteiger partial charge on any atom is -0.297 e. The van der Waals surface area contributed by atoms with E-state index in [1.807, 2.05) is 0 Å². The molecule has 0 saturated carbocycles. The lowest BCUT2D eigenvalue weighted by atomic mass is 9.90. The van der Waals surface area contributed by atoms with Crippen molar-refractivity contribution in [1.29, 1.82) is 0 Å². The summed E-state index contributed by atoms with van der Waals surface area (Å²) in [4.78, 5) is 2.63. The van der Waals surface area contributed by atoms with Gasteiger partial charge in [0, 0.05) is 6.04 Å². The Hall–Kier alpha value is -0.820. The second kappa shape index (κ2) is 5.01. The maximum atomic E-state index is 2.63. The van der Waals surface area contributed by atoms with Gasteiger partial charge in [-0.05, 0) is 56.5 Å². The third kappa shape index (κ3) is 2.15. The van der Waals surface area contributed by atoms with E-state index in [2.05, 4.69) is 43.9 Å². The Morgan fingerprint density at radius 3 is 2.81 bits per heavy atom. The van der Waals surface area contributed by atoms with Gasteiger partial charge in [-0.25, -0.2) is 0 Å². The Labute approximate surface area is 99.5 Å². The molecule has 0 aromatic heterocycles. The summed E-state index contributed by atoms with van der Waals surface area (Å²) in [6, 6.07) is 7.41. The van der Waals surface area contributed by atoms with E-state index in [9.17, 15) is 0 Å². The van der Waals surface area contributed by atoms with Crippen molar-refractivity contribution in [2.24, 2.45) is 0 Å². The quantitative estimate of drug-likeness (QED) is 0.727. The number of hydrogen-bond acceptors (Lipinski definition) is 1. The zero-order valence-corrected chi connectivity index (χ0v) is 10.8. The first-order valence-corrected chi connectivity index (χ1v) is 6.54. The van der Waals surface area contributed by atoms with E-state index in [4.69, 9.17) is 0 Å². The molecular weight excluding hydrogens is 194 g/mol. The predicted octanol–water partition coefficient (Wildman–Crippen LogP) is 3.85. The summed E-state index contributed by atoms with van der Waals surface area (Å²) >= 11 is 0. The van der Waals surface area contributed by atoms with Crippen LogP contribution in [0.1, 0.15) is 48.9 Å². The van der Waals surface area contributed by atoms with E-state index in [1.165, 1.54) is 43.5 Å². The van der Waals surface area contributed by atoms with Crippen LogP contribution in [0, 0.1) is 13.8 Å². The first-order chi connectivity index (χ1) is 7.74. The predicted molar refractivity (Wildman–Crippen MR) is 69.8 cm³/mol. The lowest BCUT2D eigenvalue weighted by Gasteiger charge is -2.36. The van der Waals surface area contributed by atoms with Gasteiger partial charge < -0.3 is 0 Å². The van der Waals surface area contributed by atoms with Gasteiger partial charge in [-0.3, -0.25) is 4.90 Å². The van der Waals surface area contributed by atoms with Gasteiger partial charge in [0.25, 0.3) is 0 Å². The summed E-state index contributed by atoms with van der Waals surface area (Å²) in [5.41, 5.74) is 4.48. The molecular formula is C15H23N. The highest BCUT2D eigenvalue weighted by molar-refractivity contribution is 5.35. The van der Waals surface area contributed by atoms with Crippen molar-refractivity contribution in [1.82, 2.24) is 4.90 Å². The van der Waals surface area contributed by atoms with Crippen molar-refractivity contribution in [2.75, 3.05) is 13.1 Å². The Morgan fingerprint density at radius 1 is 1.25 bits per heavy atom. The summed E-state index contributed by atoms with van der Waals surface area (Å²) in [7, 11) is 0. The fourth-order valence-electron chi connectivity index (χ4n) is 2.86. The fourth-order valence-corrected chi connectivity index (χ4v) is 2.86. The summed E-state index contributed by atoms with van der Waals surface area (Å²) in [5, 5.41) is 0. The molecule has 0 radical (unpaired) electrons. The molecule has 0 amide bonds. The molecule has 1 fully saturated rings. The molecule has 1 aromatic rings. The maximum absolute atomic E-state index is 2.63. The molecule has 16 heavy (non-hydrogen) atoms. The van der Waals surface area contributed by atoms with Crippen molar-refractivity contribution >= 4 is 0 Å². The Morgan fingerprint density at radius 2 is 2.06 bits per heavy atom. The van der Waals surface area contributed by atoms with Crippen LogP contribution in [0.2, 0.25) is 0 Å². The van der Waals surface area contributed by atoms with Gasteiger partial charge >= 0.3 is 0 Å². The zero-order valence-electron chi connectivity index (χ0n) is 10.8. The Balaban J connectivity index is 2.30. The number of hydrogen-bond donors (Lipinski definition) is 0. The van der Waals surface area contributed by atoms with Crippen molar-refractivity contribution in [3.63, 3.8) is 0 Å². The van der Waals surface area contributed by atoms with Crippen molar-refractivity contribution in [3.05, 3.63) is 34.9 Å². The molecule has 1 nitrogen and oxygen atoms in total. The summed E-state index contributed by atoms with van der Waals surface area (Å²) in [5.74, 6) is 0. The molecule has 1 aromatic carbocycles. The average Bonchev–Trinajstić information content (AvgIpc) is 2.33. The van der Waals surface area contributed by atoms with Gasteiger partial charge in [0.05, 0.1) is 0 Å². The minimum absolute atomic E-state index is 0.665. The summed E-state index contributed by atoms with van der Waals surface area (Å²) < 4.78 is 0. The lowest BCUT2D eigenvalue weighted by Crippen LogP contribution is -2.33. The largest absolute Gasteiger partial charge is 0.297 e. The standard InChI is InChI=1S/C15H23N/c1-4-16-11-6-5-10-15(16)14-9-7-8-12(2)13(14)3/h7-9,15H,4-6,10-11H2,1-3H3. The summed E-state index contributed by atoms with van der Waals surface area (Å²) in [6.45, 7) is 9.22. The molecule has 0 bridgehead atoms. The van der Waals surface area contributed by atoms with Gasteiger partial charge in [0.2, 0.25) is 0 Å². The monoisotopic (exact) mass is 217 g/mol. The highest BCUT2D eigenvalue weighted by atomic mass is 15.2. The molecule has 1 aliphatic heterocycles. The number of piperidine rings is 1. The molecule has 0 spiro atoms. The van der Waals surface area contributed by atoms with E-state index in [0.717, 1.165) is 0 Å². The van der Waals surface area contributed by atoms with Crippen LogP contribution in [-0.2, 0) is 0 Å². The maximum Gasteiger partial charge on any atom is 0.0350 e. The van der Waals surface area contributed by atoms with Gasteiger partial charge in [-0.1, -0.05) is 31.5 Å². The van der Waals surface area contributed by atoms with Crippen LogP contribution >= 0.6 is 0 Å². The molecule has 1 unspecified atom stereocenters. The van der Waals surface area contributed by atoms with Crippen molar-refractivity contribution in [2.45, 2.75) is 46.1 Å². The average molecular weight is 217 g/mol. The van der Waals surface area contributed by atoms with Crippen LogP contribution in [-0.4, -0.2) is 18.0 Å². The highest BCUT2D eigenvalue weighted by Gasteiger charge is 2.23. The van der Waals surface area contributed by atoms with E-state index in [1.54, 1.807) is 5.56 Å².